The Hall–Kier alpha value is -8.84. The van der Waals surface area contributed by atoms with Gasteiger partial charge in [-0.15, -0.1) is 0 Å². The van der Waals surface area contributed by atoms with Crippen molar-refractivity contribution < 1.29 is 26.3 Å². The summed E-state index contributed by atoms with van der Waals surface area (Å²) in [7, 11) is 0. The molecule has 0 amide bonds. The number of alkyl halides is 6. The highest BCUT2D eigenvalue weighted by Crippen LogP contribution is 2.45. The molecule has 8 aromatic carbocycles. The lowest BCUT2D eigenvalue weighted by atomic mass is 9.92. The first-order chi connectivity index (χ1) is 33.5. The van der Waals surface area contributed by atoms with E-state index in [-0.39, 0.29) is 34.7 Å². The van der Waals surface area contributed by atoms with Gasteiger partial charge in [0.1, 0.15) is 0 Å². The van der Waals surface area contributed by atoms with Crippen molar-refractivity contribution in [1.29, 1.82) is 0 Å². The topological polar surface area (TPSA) is 82.3 Å². The summed E-state index contributed by atoms with van der Waals surface area (Å²) >= 11 is 0. The first kappa shape index (κ1) is 42.8. The van der Waals surface area contributed by atoms with Crippen LogP contribution in [-0.4, -0.2) is 34.5 Å². The third-order valence-corrected chi connectivity index (χ3v) is 11.8. The minimum atomic E-state index is -5.20. The maximum atomic E-state index is 15.2. The quantitative estimate of drug-likeness (QED) is 0.141. The molecule has 0 aliphatic carbocycles. The molecule has 0 saturated carbocycles. The van der Waals surface area contributed by atoms with Gasteiger partial charge in [-0.3, -0.25) is 0 Å². The zero-order valence-electron chi connectivity index (χ0n) is 36.0. The summed E-state index contributed by atoms with van der Waals surface area (Å²) in [5.41, 5.74) is 1.90. The van der Waals surface area contributed by atoms with E-state index in [1.807, 2.05) is 120 Å². The fraction of sp³-hybridized carbons (Fsp3) is 0.0357. The smallest absolute Gasteiger partial charge is 0.309 e. The number of para-hydroxylation sites is 1. The van der Waals surface area contributed by atoms with Crippen molar-refractivity contribution in [1.82, 2.24) is 34.5 Å². The minimum Gasteiger partial charge on any atom is -0.309 e. The number of fused-ring (bicyclic) bond motifs is 3. The summed E-state index contributed by atoms with van der Waals surface area (Å²) in [6.45, 7) is 0. The third-order valence-electron chi connectivity index (χ3n) is 11.8. The van der Waals surface area contributed by atoms with E-state index in [2.05, 4.69) is 0 Å². The molecule has 0 bridgehead atoms. The second kappa shape index (κ2) is 17.1. The first-order valence-electron chi connectivity index (χ1n) is 21.7. The van der Waals surface area contributed by atoms with E-state index >= 15 is 13.2 Å². The number of aromatic nitrogens is 7. The summed E-state index contributed by atoms with van der Waals surface area (Å²) in [6.07, 6.45) is -10.2. The van der Waals surface area contributed by atoms with E-state index in [4.69, 9.17) is 29.9 Å². The van der Waals surface area contributed by atoms with Gasteiger partial charge in [-0.1, -0.05) is 158 Å². The molecular weight excluding hydrogens is 885 g/mol. The maximum absolute atomic E-state index is 15.2. The molecule has 3 aromatic heterocycles. The van der Waals surface area contributed by atoms with Crippen LogP contribution in [0.3, 0.4) is 0 Å². The largest absolute Gasteiger partial charge is 0.417 e. The molecule has 0 N–H and O–H groups in total. The summed E-state index contributed by atoms with van der Waals surface area (Å²) < 4.78 is 90.1. The Labute approximate surface area is 390 Å². The fourth-order valence-corrected chi connectivity index (χ4v) is 8.53. The van der Waals surface area contributed by atoms with Crippen molar-refractivity contribution in [3.05, 3.63) is 211 Å². The van der Waals surface area contributed by atoms with Gasteiger partial charge in [-0.05, 0) is 53.6 Å². The van der Waals surface area contributed by atoms with Crippen LogP contribution in [0.25, 0.3) is 107 Å². The van der Waals surface area contributed by atoms with Crippen molar-refractivity contribution in [3.63, 3.8) is 0 Å². The van der Waals surface area contributed by atoms with Crippen molar-refractivity contribution in [2.75, 3.05) is 0 Å². The van der Waals surface area contributed by atoms with E-state index in [0.717, 1.165) is 33.5 Å². The minimum absolute atomic E-state index is 0.0139. The fourth-order valence-electron chi connectivity index (χ4n) is 8.53. The number of benzene rings is 8. The van der Waals surface area contributed by atoms with E-state index in [0.29, 0.717) is 51.4 Å². The molecule has 0 radical (unpaired) electrons. The highest BCUT2D eigenvalue weighted by molar-refractivity contribution is 6.10. The third kappa shape index (κ3) is 8.24. The molecule has 11 aromatic rings. The number of hydrogen-bond acceptors (Lipinski definition) is 6. The second-order valence-electron chi connectivity index (χ2n) is 16.1. The highest BCUT2D eigenvalue weighted by Gasteiger charge is 2.39. The molecule has 0 fully saturated rings. The van der Waals surface area contributed by atoms with Crippen LogP contribution in [0.5, 0.6) is 0 Å². The van der Waals surface area contributed by atoms with E-state index in [1.54, 1.807) is 66.7 Å². The Morgan fingerprint density at radius 2 is 0.739 bits per heavy atom. The molecule has 0 spiro atoms. The predicted octanol–water partition coefficient (Wildman–Crippen LogP) is 14.9. The summed E-state index contributed by atoms with van der Waals surface area (Å²) in [6, 6.07) is 57.1. The van der Waals surface area contributed by atoms with Gasteiger partial charge < -0.3 is 4.57 Å². The molecule has 0 atom stereocenters. The summed E-state index contributed by atoms with van der Waals surface area (Å²) in [5, 5.41) is 1.67. The molecule has 0 aliphatic rings. The number of rotatable bonds is 8. The number of halogens is 6. The molecule has 13 heteroatoms. The SMILES string of the molecule is FC(F)(F)c1ccc(-c2cc(-n3c4ccccc4c4ccc(-c5nc(-c6ccccc6)nc(-c6ccccc6)n5)cc43)ccc2-c2nc(-c3ccccc3)nc(-c3ccccc3)n2)c(C(F)(F)F)c1. The normalized spacial score (nSPS) is 11.9. The van der Waals surface area contributed by atoms with Crippen LogP contribution in [0, 0.1) is 0 Å². The summed E-state index contributed by atoms with van der Waals surface area (Å²) in [5.74, 6) is 1.81. The molecule has 0 saturated heterocycles. The lowest BCUT2D eigenvalue weighted by molar-refractivity contribution is -0.142. The van der Waals surface area contributed by atoms with Crippen molar-refractivity contribution >= 4 is 21.8 Å². The Bertz CT molecular complexity index is 3580. The lowest BCUT2D eigenvalue weighted by Gasteiger charge is -2.20. The maximum Gasteiger partial charge on any atom is 0.417 e. The van der Waals surface area contributed by atoms with Crippen molar-refractivity contribution in [3.8, 4) is 85.1 Å². The van der Waals surface area contributed by atoms with E-state index in [1.165, 1.54) is 0 Å². The Morgan fingerprint density at radius 1 is 0.304 bits per heavy atom. The number of nitrogens with zero attached hydrogens (tertiary/aromatic N) is 7. The molecule has 69 heavy (non-hydrogen) atoms. The van der Waals surface area contributed by atoms with Gasteiger partial charge in [0, 0.05) is 49.8 Å². The van der Waals surface area contributed by atoms with Gasteiger partial charge in [0.2, 0.25) is 0 Å². The van der Waals surface area contributed by atoms with E-state index < -0.39 is 29.0 Å². The molecule has 11 rings (SSSR count). The first-order valence-corrected chi connectivity index (χ1v) is 21.7. The average Bonchev–Trinajstić information content (AvgIpc) is 3.72. The number of hydrogen-bond donors (Lipinski definition) is 0. The molecule has 3 heterocycles. The van der Waals surface area contributed by atoms with E-state index in [9.17, 15) is 13.2 Å². The monoisotopic (exact) mass is 917 g/mol. The zero-order chi connectivity index (χ0) is 47.3. The van der Waals surface area contributed by atoms with Crippen LogP contribution in [0.1, 0.15) is 11.1 Å². The molecule has 334 valence electrons. The van der Waals surface area contributed by atoms with Crippen LogP contribution in [-0.2, 0) is 12.4 Å². The Kier molecular flexibility index (Phi) is 10.6. The van der Waals surface area contributed by atoms with Gasteiger partial charge in [-0.2, -0.15) is 26.3 Å². The van der Waals surface area contributed by atoms with Crippen LogP contribution < -0.4 is 0 Å². The Morgan fingerprint density at radius 3 is 1.23 bits per heavy atom. The molecule has 7 nitrogen and oxygen atoms in total. The zero-order valence-corrected chi connectivity index (χ0v) is 36.0. The van der Waals surface area contributed by atoms with Gasteiger partial charge in [0.25, 0.3) is 0 Å². The molecular formula is C56H33F6N7. The van der Waals surface area contributed by atoms with Crippen LogP contribution >= 0.6 is 0 Å². The highest BCUT2D eigenvalue weighted by atomic mass is 19.4. The predicted molar refractivity (Wildman–Crippen MR) is 256 cm³/mol. The van der Waals surface area contributed by atoms with Gasteiger partial charge in [-0.25, -0.2) is 29.9 Å². The standard InChI is InChI=1S/C56H33F6N7/c57-55(58,59)39-26-29-41(46(32-39)56(60,61)62)45-33-40(27-30-44(45)54-67-51(36-19-9-3-10-20-36)64-52(68-54)37-21-11-4-12-22-37)69-47-24-14-13-23-42(47)43-28-25-38(31-48(43)69)53-65-49(34-15-5-1-6-16-34)63-50(66-53)35-17-7-2-8-18-35/h1-33H. The van der Waals surface area contributed by atoms with Crippen molar-refractivity contribution in [2.24, 2.45) is 0 Å². The van der Waals surface area contributed by atoms with Gasteiger partial charge in [0.15, 0.2) is 34.9 Å². The average molecular weight is 918 g/mol. The van der Waals surface area contributed by atoms with Crippen LogP contribution in [0.2, 0.25) is 0 Å². The van der Waals surface area contributed by atoms with Crippen LogP contribution in [0.15, 0.2) is 200 Å². The summed E-state index contributed by atoms with van der Waals surface area (Å²) in [4.78, 5) is 29.1. The van der Waals surface area contributed by atoms with Gasteiger partial charge >= 0.3 is 12.4 Å². The Balaban J connectivity index is 1.17. The lowest BCUT2D eigenvalue weighted by Crippen LogP contribution is -2.12. The second-order valence-corrected chi connectivity index (χ2v) is 16.1. The van der Waals surface area contributed by atoms with Gasteiger partial charge in [0.05, 0.1) is 22.2 Å². The van der Waals surface area contributed by atoms with Crippen LogP contribution in [0.4, 0.5) is 26.3 Å². The molecule has 0 unspecified atom stereocenters. The molecule has 0 aliphatic heterocycles. The van der Waals surface area contributed by atoms with Crippen molar-refractivity contribution in [2.45, 2.75) is 12.4 Å².